The number of para-hydroxylation sites is 2. The molecule has 0 saturated heterocycles. The zero-order chi connectivity index (χ0) is 22.9. The summed E-state index contributed by atoms with van der Waals surface area (Å²) >= 11 is 5.99. The van der Waals surface area contributed by atoms with Gasteiger partial charge in [-0.3, -0.25) is 4.57 Å². The SMILES string of the molecule is CCCCCn1c2nc(Cl)nc-2c([O-])n(CCCn2c3ccccc3c3ccccc32)c1=O. The van der Waals surface area contributed by atoms with Crippen molar-refractivity contribution in [2.24, 2.45) is 0 Å². The molecule has 3 heterocycles. The molecule has 0 saturated carbocycles. The van der Waals surface area contributed by atoms with Crippen molar-refractivity contribution in [3.05, 3.63) is 64.3 Å². The molecule has 0 aliphatic carbocycles. The van der Waals surface area contributed by atoms with Gasteiger partial charge < -0.3 is 14.2 Å². The molecule has 5 rings (SSSR count). The largest absolute Gasteiger partial charge is 0.858 e. The van der Waals surface area contributed by atoms with Crippen LogP contribution in [0.1, 0.15) is 32.6 Å². The van der Waals surface area contributed by atoms with Crippen LogP contribution in [0.5, 0.6) is 5.88 Å². The summed E-state index contributed by atoms with van der Waals surface area (Å²) < 4.78 is 5.09. The molecule has 0 bridgehead atoms. The molecule has 1 aromatic heterocycles. The Bertz CT molecular complexity index is 1410. The molecule has 2 aromatic carbocycles. The monoisotopic (exact) mass is 462 g/mol. The van der Waals surface area contributed by atoms with E-state index in [2.05, 4.69) is 45.7 Å². The fourth-order valence-electron chi connectivity index (χ4n) is 4.64. The number of hydrogen-bond donors (Lipinski definition) is 0. The fourth-order valence-corrected chi connectivity index (χ4v) is 4.80. The first-order valence-corrected chi connectivity index (χ1v) is 11.8. The Morgan fingerprint density at radius 2 is 1.42 bits per heavy atom. The van der Waals surface area contributed by atoms with Gasteiger partial charge in [0.2, 0.25) is 5.28 Å². The van der Waals surface area contributed by atoms with Gasteiger partial charge in [0.05, 0.1) is 0 Å². The van der Waals surface area contributed by atoms with Gasteiger partial charge in [-0.1, -0.05) is 56.2 Å². The highest BCUT2D eigenvalue weighted by atomic mass is 35.5. The summed E-state index contributed by atoms with van der Waals surface area (Å²) in [5, 5.41) is 15.4. The summed E-state index contributed by atoms with van der Waals surface area (Å²) in [6, 6.07) is 16.6. The normalized spacial score (nSPS) is 11.8. The van der Waals surface area contributed by atoms with E-state index in [9.17, 15) is 9.90 Å². The second-order valence-corrected chi connectivity index (χ2v) is 8.64. The smallest absolute Gasteiger partial charge is 0.329 e. The van der Waals surface area contributed by atoms with Crippen molar-refractivity contribution < 1.29 is 5.11 Å². The number of aryl methyl sites for hydroxylation is 1. The first-order chi connectivity index (χ1) is 16.1. The number of aromatic nitrogens is 5. The van der Waals surface area contributed by atoms with E-state index in [0.717, 1.165) is 30.3 Å². The van der Waals surface area contributed by atoms with Crippen molar-refractivity contribution in [2.75, 3.05) is 0 Å². The molecular weight excluding hydrogens is 438 g/mol. The summed E-state index contributed by atoms with van der Waals surface area (Å²) in [5.41, 5.74) is 2.11. The zero-order valence-corrected chi connectivity index (χ0v) is 19.3. The molecule has 0 atom stereocenters. The van der Waals surface area contributed by atoms with Crippen molar-refractivity contribution >= 4 is 33.4 Å². The Kier molecular flexibility index (Phi) is 5.81. The number of imidazole rings is 1. The molecule has 0 radical (unpaired) electrons. The van der Waals surface area contributed by atoms with Crippen LogP contribution in [0.3, 0.4) is 0 Å². The Morgan fingerprint density at radius 1 is 0.818 bits per heavy atom. The van der Waals surface area contributed by atoms with Gasteiger partial charge in [-0.15, -0.1) is 0 Å². The minimum absolute atomic E-state index is 0.00577. The van der Waals surface area contributed by atoms with E-state index in [1.54, 1.807) is 4.57 Å². The van der Waals surface area contributed by atoms with Gasteiger partial charge in [-0.25, -0.2) is 9.78 Å². The molecule has 0 fully saturated rings. The Morgan fingerprint density at radius 3 is 2.09 bits per heavy atom. The van der Waals surface area contributed by atoms with Crippen molar-refractivity contribution in [1.29, 1.82) is 0 Å². The van der Waals surface area contributed by atoms with Gasteiger partial charge in [0, 0.05) is 41.4 Å². The molecule has 7 nitrogen and oxygen atoms in total. The fraction of sp³-hybridized carbons (Fsp3) is 0.320. The minimum Gasteiger partial charge on any atom is -0.858 e. The molecule has 0 amide bonds. The molecule has 0 N–H and O–H groups in total. The van der Waals surface area contributed by atoms with Crippen LogP contribution < -0.4 is 10.8 Å². The average molecular weight is 463 g/mol. The van der Waals surface area contributed by atoms with Crippen molar-refractivity contribution in [2.45, 2.75) is 52.2 Å². The van der Waals surface area contributed by atoms with Gasteiger partial charge in [0.1, 0.15) is 5.69 Å². The third-order valence-electron chi connectivity index (χ3n) is 6.21. The van der Waals surface area contributed by atoms with Crippen LogP contribution in [0, 0.1) is 0 Å². The second kappa shape index (κ2) is 8.90. The molecule has 170 valence electrons. The Hall–Kier alpha value is -3.32. The number of hydrogen-bond acceptors (Lipinski definition) is 4. The van der Waals surface area contributed by atoms with Gasteiger partial charge in [-0.2, -0.15) is 4.98 Å². The number of halogens is 1. The third-order valence-corrected chi connectivity index (χ3v) is 6.38. The molecule has 0 unspecified atom stereocenters. The Labute approximate surface area is 196 Å². The number of benzene rings is 2. The van der Waals surface area contributed by atoms with Crippen LogP contribution >= 0.6 is 11.6 Å². The highest BCUT2D eigenvalue weighted by Gasteiger charge is 2.20. The molecule has 33 heavy (non-hydrogen) atoms. The highest BCUT2D eigenvalue weighted by Crippen LogP contribution is 2.30. The van der Waals surface area contributed by atoms with Crippen molar-refractivity contribution in [3.63, 3.8) is 0 Å². The average Bonchev–Trinajstić information content (AvgIpc) is 3.37. The summed E-state index contributed by atoms with van der Waals surface area (Å²) in [4.78, 5) is 21.5. The summed E-state index contributed by atoms with van der Waals surface area (Å²) in [7, 11) is 0. The van der Waals surface area contributed by atoms with Gasteiger partial charge in [-0.05, 0) is 42.5 Å². The van der Waals surface area contributed by atoms with Crippen LogP contribution in [0.2, 0.25) is 5.28 Å². The lowest BCUT2D eigenvalue weighted by molar-refractivity contribution is -0.279. The predicted octanol–water partition coefficient (Wildman–Crippen LogP) is 4.66. The molecular formula is C25H25ClN5O2-. The highest BCUT2D eigenvalue weighted by molar-refractivity contribution is 6.28. The lowest BCUT2D eigenvalue weighted by Gasteiger charge is -2.22. The van der Waals surface area contributed by atoms with Crippen molar-refractivity contribution in [3.8, 4) is 17.4 Å². The van der Waals surface area contributed by atoms with E-state index in [1.165, 1.54) is 15.3 Å². The van der Waals surface area contributed by atoms with Crippen LogP contribution in [0.25, 0.3) is 33.3 Å². The predicted molar refractivity (Wildman–Crippen MR) is 129 cm³/mol. The standard InChI is InChI=1S/C25H26ClN5O2/c1-2-3-8-14-30-22-21(27-24(26)28-22)23(32)31(25(30)33)16-9-15-29-19-12-6-4-10-17(19)18-11-5-7-13-20(18)29/h4-7,10-13,32H,2-3,8-9,14-16H2,1H3/p-1. The lowest BCUT2D eigenvalue weighted by Crippen LogP contribution is -2.35. The number of rotatable bonds is 8. The lowest BCUT2D eigenvalue weighted by atomic mass is 10.2. The maximum absolute atomic E-state index is 13.2. The zero-order valence-electron chi connectivity index (χ0n) is 18.5. The van der Waals surface area contributed by atoms with Crippen LogP contribution in [-0.2, 0) is 19.6 Å². The van der Waals surface area contributed by atoms with Gasteiger partial charge in [0.25, 0.3) is 0 Å². The van der Waals surface area contributed by atoms with Crippen molar-refractivity contribution in [1.82, 2.24) is 23.7 Å². The molecule has 2 aliphatic rings. The quantitative estimate of drug-likeness (QED) is 0.248. The summed E-state index contributed by atoms with van der Waals surface area (Å²) in [6.07, 6.45) is 3.47. The second-order valence-electron chi connectivity index (χ2n) is 8.30. The topological polar surface area (TPSA) is 80.7 Å². The molecule has 0 spiro atoms. The van der Waals surface area contributed by atoms with Crippen LogP contribution in [-0.4, -0.2) is 23.7 Å². The van der Waals surface area contributed by atoms with Gasteiger partial charge >= 0.3 is 5.69 Å². The molecule has 3 aromatic rings. The van der Waals surface area contributed by atoms with E-state index in [1.807, 2.05) is 24.3 Å². The van der Waals surface area contributed by atoms with Gasteiger partial charge in [0.15, 0.2) is 5.82 Å². The molecule has 2 aliphatic heterocycles. The van der Waals surface area contributed by atoms with E-state index < -0.39 is 5.88 Å². The molecule has 8 heteroatoms. The first kappa shape index (κ1) is 21.5. The summed E-state index contributed by atoms with van der Waals surface area (Å²) in [5.74, 6) is -0.145. The van der Waals surface area contributed by atoms with E-state index in [-0.39, 0.29) is 22.5 Å². The van der Waals surface area contributed by atoms with Crippen LogP contribution in [0.15, 0.2) is 53.3 Å². The third kappa shape index (κ3) is 3.76. The van der Waals surface area contributed by atoms with E-state index >= 15 is 0 Å². The summed E-state index contributed by atoms with van der Waals surface area (Å²) in [6.45, 7) is 3.58. The minimum atomic E-state index is -0.427. The number of unbranched alkanes of at least 4 members (excludes halogenated alkanes) is 2. The maximum Gasteiger partial charge on any atom is 0.329 e. The van der Waals surface area contributed by atoms with E-state index in [4.69, 9.17) is 11.6 Å². The Balaban J connectivity index is 1.48. The van der Waals surface area contributed by atoms with Crippen LogP contribution in [0.4, 0.5) is 0 Å². The first-order valence-electron chi connectivity index (χ1n) is 11.4. The number of nitrogens with zero attached hydrogens (tertiary/aromatic N) is 5. The maximum atomic E-state index is 13.2. The number of fused-ring (bicyclic) bond motifs is 4. The van der Waals surface area contributed by atoms with E-state index in [0.29, 0.717) is 26.1 Å².